The van der Waals surface area contributed by atoms with Crippen molar-refractivity contribution in [1.82, 2.24) is 15.5 Å². The van der Waals surface area contributed by atoms with E-state index in [0.29, 0.717) is 45.0 Å². The van der Waals surface area contributed by atoms with Gasteiger partial charge in [0.2, 0.25) is 5.91 Å². The Morgan fingerprint density at radius 1 is 1.18 bits per heavy atom. The monoisotopic (exact) mass is 509 g/mol. The summed E-state index contributed by atoms with van der Waals surface area (Å²) in [6.07, 6.45) is 0. The normalized spacial score (nSPS) is 14.7. The topological polar surface area (TPSA) is 60.0 Å². The van der Waals surface area contributed by atoms with E-state index < -0.39 is 11.6 Å². The van der Waals surface area contributed by atoms with Gasteiger partial charge in [-0.3, -0.25) is 9.79 Å². The maximum absolute atomic E-state index is 14.0. The molecule has 6 nitrogen and oxygen atoms in total. The number of nitrogens with one attached hydrogen (secondary N) is 2. The van der Waals surface area contributed by atoms with Crippen LogP contribution in [0.5, 0.6) is 0 Å². The van der Waals surface area contributed by atoms with Crippen LogP contribution in [0.3, 0.4) is 0 Å². The van der Waals surface area contributed by atoms with Crippen LogP contribution in [0.4, 0.5) is 14.5 Å². The third kappa shape index (κ3) is 7.06. The van der Waals surface area contributed by atoms with E-state index in [4.69, 9.17) is 0 Å². The molecule has 0 radical (unpaired) electrons. The van der Waals surface area contributed by atoms with Crippen LogP contribution in [0.25, 0.3) is 0 Å². The van der Waals surface area contributed by atoms with Gasteiger partial charge in [0.05, 0.1) is 12.2 Å². The van der Waals surface area contributed by atoms with Crippen molar-refractivity contribution in [2.45, 2.75) is 20.8 Å². The van der Waals surface area contributed by atoms with Crippen molar-refractivity contribution in [3.63, 3.8) is 0 Å². The highest BCUT2D eigenvalue weighted by atomic mass is 127. The van der Waals surface area contributed by atoms with Gasteiger partial charge >= 0.3 is 0 Å². The summed E-state index contributed by atoms with van der Waals surface area (Å²) < 4.78 is 27.4. The lowest BCUT2D eigenvalue weighted by atomic mass is 10.2. The molecule has 2 rings (SSSR count). The number of rotatable bonds is 6. The van der Waals surface area contributed by atoms with Crippen molar-refractivity contribution in [3.8, 4) is 0 Å². The first-order chi connectivity index (χ1) is 12.9. The molecule has 0 atom stereocenters. The lowest BCUT2D eigenvalue weighted by molar-refractivity contribution is -0.123. The molecule has 9 heteroatoms. The summed E-state index contributed by atoms with van der Waals surface area (Å²) in [5, 5.41) is 6.09. The number of guanidine groups is 1. The second-order valence-electron chi connectivity index (χ2n) is 6.75. The molecule has 28 heavy (non-hydrogen) atoms. The van der Waals surface area contributed by atoms with E-state index in [1.54, 1.807) is 0 Å². The minimum atomic E-state index is -0.438. The lowest BCUT2D eigenvalue weighted by Gasteiger charge is -2.37. The van der Waals surface area contributed by atoms with E-state index in [9.17, 15) is 13.6 Å². The van der Waals surface area contributed by atoms with Crippen LogP contribution in [-0.2, 0) is 4.79 Å². The average Bonchev–Trinajstić information content (AvgIpc) is 2.66. The minimum Gasteiger partial charge on any atom is -0.366 e. The van der Waals surface area contributed by atoms with Gasteiger partial charge in [-0.25, -0.2) is 8.78 Å². The van der Waals surface area contributed by atoms with Crippen LogP contribution in [-0.4, -0.2) is 62.6 Å². The summed E-state index contributed by atoms with van der Waals surface area (Å²) in [4.78, 5) is 20.1. The van der Waals surface area contributed by atoms with E-state index in [1.807, 2.05) is 25.7 Å². The van der Waals surface area contributed by atoms with E-state index in [2.05, 4.69) is 20.5 Å². The highest BCUT2D eigenvalue weighted by molar-refractivity contribution is 14.0. The molecule has 1 aromatic rings. The fraction of sp³-hybridized carbons (Fsp3) is 0.579. The number of hydrogen-bond donors (Lipinski definition) is 2. The number of halogens is 3. The molecule has 0 spiro atoms. The second kappa shape index (κ2) is 12.0. The second-order valence-corrected chi connectivity index (χ2v) is 6.75. The van der Waals surface area contributed by atoms with Crippen molar-refractivity contribution in [1.29, 1.82) is 0 Å². The lowest BCUT2D eigenvalue weighted by Crippen LogP contribution is -2.53. The predicted octanol–water partition coefficient (Wildman–Crippen LogP) is 2.44. The molecule has 2 N–H and O–H groups in total. The Morgan fingerprint density at radius 2 is 1.86 bits per heavy atom. The van der Waals surface area contributed by atoms with Crippen LogP contribution in [0.15, 0.2) is 23.2 Å². The molecule has 1 saturated heterocycles. The number of carbonyl (C=O) groups excluding carboxylic acids is 1. The Morgan fingerprint density at radius 3 is 2.46 bits per heavy atom. The number of benzene rings is 1. The summed E-state index contributed by atoms with van der Waals surface area (Å²) in [6, 6.07) is 3.53. The van der Waals surface area contributed by atoms with E-state index in [1.165, 1.54) is 6.07 Å². The molecule has 1 aliphatic heterocycles. The van der Waals surface area contributed by atoms with E-state index in [0.717, 1.165) is 24.6 Å². The smallest absolute Gasteiger partial charge is 0.222 e. The van der Waals surface area contributed by atoms with E-state index in [-0.39, 0.29) is 35.8 Å². The Kier molecular flexibility index (Phi) is 10.5. The van der Waals surface area contributed by atoms with Crippen molar-refractivity contribution in [2.24, 2.45) is 10.9 Å². The van der Waals surface area contributed by atoms with Crippen molar-refractivity contribution >= 4 is 41.5 Å². The molecule has 0 saturated carbocycles. The summed E-state index contributed by atoms with van der Waals surface area (Å²) in [5.74, 6) is -0.103. The highest BCUT2D eigenvalue weighted by Crippen LogP contribution is 2.21. The van der Waals surface area contributed by atoms with Gasteiger partial charge in [-0.15, -0.1) is 24.0 Å². The van der Waals surface area contributed by atoms with Crippen LogP contribution >= 0.6 is 24.0 Å². The number of hydrogen-bond acceptors (Lipinski definition) is 3. The van der Waals surface area contributed by atoms with Gasteiger partial charge in [-0.2, -0.15) is 0 Å². The van der Waals surface area contributed by atoms with Crippen LogP contribution in [0.2, 0.25) is 0 Å². The Hall–Kier alpha value is -1.65. The van der Waals surface area contributed by atoms with Gasteiger partial charge in [-0.1, -0.05) is 13.8 Å². The Balaban J connectivity index is 0.00000392. The van der Waals surface area contributed by atoms with Crippen molar-refractivity contribution < 1.29 is 13.6 Å². The number of nitrogens with zero attached hydrogens (tertiary/aromatic N) is 3. The molecule has 0 bridgehead atoms. The van der Waals surface area contributed by atoms with Crippen molar-refractivity contribution in [2.75, 3.05) is 50.7 Å². The molecule has 158 valence electrons. The van der Waals surface area contributed by atoms with Gasteiger partial charge in [0.1, 0.15) is 11.6 Å². The summed E-state index contributed by atoms with van der Waals surface area (Å²) >= 11 is 0. The maximum Gasteiger partial charge on any atom is 0.222 e. The fourth-order valence-electron chi connectivity index (χ4n) is 2.86. The summed E-state index contributed by atoms with van der Waals surface area (Å²) in [5.41, 5.74) is 0.299. The van der Waals surface area contributed by atoms with Gasteiger partial charge in [0.15, 0.2) is 5.96 Å². The first-order valence-corrected chi connectivity index (χ1v) is 9.43. The van der Waals surface area contributed by atoms with Crippen LogP contribution < -0.4 is 15.5 Å². The van der Waals surface area contributed by atoms with E-state index >= 15 is 0 Å². The Bertz CT molecular complexity index is 664. The number of piperazine rings is 1. The van der Waals surface area contributed by atoms with Crippen LogP contribution in [0, 0.1) is 17.6 Å². The summed E-state index contributed by atoms with van der Waals surface area (Å²) in [7, 11) is 0. The molecule has 1 aromatic carbocycles. The zero-order valence-corrected chi connectivity index (χ0v) is 19.0. The largest absolute Gasteiger partial charge is 0.366 e. The number of aliphatic imine (C=N–C) groups is 1. The quantitative estimate of drug-likeness (QED) is 0.268. The number of carbonyl (C=O) groups is 1. The van der Waals surface area contributed by atoms with Crippen molar-refractivity contribution in [3.05, 3.63) is 29.8 Å². The number of amides is 1. The SMILES string of the molecule is CCNC(=NCCNC(=O)C(C)C)N1CCN(c2cc(F)ccc2F)CC1.I. The number of anilines is 1. The maximum atomic E-state index is 14.0. The van der Waals surface area contributed by atoms with Gasteiger partial charge in [0, 0.05) is 51.3 Å². The molecule has 1 aliphatic rings. The third-order valence-corrected chi connectivity index (χ3v) is 4.36. The predicted molar refractivity (Wildman–Crippen MR) is 119 cm³/mol. The third-order valence-electron chi connectivity index (χ3n) is 4.36. The highest BCUT2D eigenvalue weighted by Gasteiger charge is 2.22. The van der Waals surface area contributed by atoms with Gasteiger partial charge < -0.3 is 20.4 Å². The van der Waals surface area contributed by atoms with Crippen LogP contribution in [0.1, 0.15) is 20.8 Å². The zero-order chi connectivity index (χ0) is 19.8. The fourth-order valence-corrected chi connectivity index (χ4v) is 2.86. The molecular weight excluding hydrogens is 479 g/mol. The Labute approximate surface area is 182 Å². The standard InChI is InChI=1S/C19H29F2N5O.HI/c1-4-22-19(24-8-7-23-18(27)14(2)3)26-11-9-25(10-12-26)17-13-15(20)5-6-16(17)21;/h5-6,13-14H,4,7-12H2,1-3H3,(H,22,24)(H,23,27);1H. The molecule has 0 aliphatic carbocycles. The van der Waals surface area contributed by atoms with Gasteiger partial charge in [0.25, 0.3) is 0 Å². The molecule has 1 fully saturated rings. The minimum absolute atomic E-state index is 0. The molecule has 0 unspecified atom stereocenters. The molecular formula is C19H30F2IN5O. The average molecular weight is 509 g/mol. The first-order valence-electron chi connectivity index (χ1n) is 9.43. The molecule has 1 amide bonds. The summed E-state index contributed by atoms with van der Waals surface area (Å²) in [6.45, 7) is 9.86. The van der Waals surface area contributed by atoms with Gasteiger partial charge in [-0.05, 0) is 19.1 Å². The first kappa shape index (κ1) is 24.4. The molecule has 1 heterocycles. The molecule has 0 aromatic heterocycles. The zero-order valence-electron chi connectivity index (χ0n) is 16.7.